The molecular formula is C5H7N2O2Sn+. The van der Waals surface area contributed by atoms with Crippen LogP contribution in [0.3, 0.4) is 0 Å². The number of imidazole rings is 1. The van der Waals surface area contributed by atoms with Crippen LogP contribution in [0.2, 0.25) is 0 Å². The Kier molecular flexibility index (Phi) is 1.23. The summed E-state index contributed by atoms with van der Waals surface area (Å²) >= 11 is -2.15. The molecule has 0 saturated heterocycles. The Hall–Kier alpha value is -0.521. The third-order valence-electron chi connectivity index (χ3n) is 1.46. The average Bonchev–Trinajstić information content (AvgIpc) is 2.39. The standard InChI is InChI=1S/C3H3N2.C2H4O2.Sn.H/c1-2-5-3-4-1;1-2(3)4;;/h1-3H;1H3,(H,3,4);;/q-1;;+3;/p-1. The number of hydrogen-bond acceptors (Lipinski definition) is 2. The van der Waals surface area contributed by atoms with Crippen molar-refractivity contribution in [2.45, 2.75) is 6.92 Å². The average molecular weight is 246 g/mol. The quantitative estimate of drug-likeness (QED) is 0.581. The van der Waals surface area contributed by atoms with E-state index in [9.17, 15) is 4.79 Å². The van der Waals surface area contributed by atoms with Crippen LogP contribution < -0.4 is 2.79 Å². The van der Waals surface area contributed by atoms with Crippen molar-refractivity contribution in [3.8, 4) is 0 Å². The molecule has 3 heterocycles. The molecular weight excluding hydrogens is 239 g/mol. The van der Waals surface area contributed by atoms with Crippen molar-refractivity contribution in [1.82, 2.24) is 2.79 Å². The molecule has 0 fully saturated rings. The molecule has 2 bridgehead atoms. The second-order valence-electron chi connectivity index (χ2n) is 2.24. The van der Waals surface area contributed by atoms with E-state index in [-0.39, 0.29) is 5.97 Å². The van der Waals surface area contributed by atoms with Crippen molar-refractivity contribution in [2.24, 2.45) is 0 Å². The van der Waals surface area contributed by atoms with Crippen LogP contribution in [-0.2, 0) is 7.87 Å². The Balaban J connectivity index is 2.10. The van der Waals surface area contributed by atoms with Gasteiger partial charge in [0.1, 0.15) is 0 Å². The van der Waals surface area contributed by atoms with E-state index in [1.807, 2.05) is 24.3 Å². The number of nitrogens with zero attached hydrogens (tertiary/aromatic N) is 2. The van der Waals surface area contributed by atoms with Gasteiger partial charge in [0.05, 0.1) is 0 Å². The maximum atomic E-state index is 10.5. The van der Waals surface area contributed by atoms with Crippen LogP contribution in [-0.4, -0.2) is 29.5 Å². The van der Waals surface area contributed by atoms with E-state index >= 15 is 0 Å². The Morgan fingerprint density at radius 2 is 2.60 bits per heavy atom. The van der Waals surface area contributed by atoms with Gasteiger partial charge in [-0.05, 0) is 0 Å². The van der Waals surface area contributed by atoms with E-state index in [1.165, 1.54) is 6.92 Å². The summed E-state index contributed by atoms with van der Waals surface area (Å²) in [5.74, 6) is -0.160. The summed E-state index contributed by atoms with van der Waals surface area (Å²) in [4.78, 5) is 10.5. The molecule has 52 valence electrons. The van der Waals surface area contributed by atoms with E-state index in [2.05, 4.69) is 0 Å². The molecule has 0 N–H and O–H groups in total. The molecule has 3 rings (SSSR count). The normalized spacial score (nSPS) is 19.9. The van der Waals surface area contributed by atoms with Crippen molar-refractivity contribution >= 4 is 26.7 Å². The molecule has 1 aromatic heterocycles. The second-order valence-corrected chi connectivity index (χ2v) is 8.18. The van der Waals surface area contributed by atoms with Crippen LogP contribution >= 0.6 is 0 Å². The fourth-order valence-corrected chi connectivity index (χ4v) is 5.61. The zero-order valence-corrected chi connectivity index (χ0v) is 8.82. The zero-order chi connectivity index (χ0) is 7.14. The third-order valence-corrected chi connectivity index (χ3v) is 7.66. The van der Waals surface area contributed by atoms with Gasteiger partial charge in [-0.1, -0.05) is 0 Å². The van der Waals surface area contributed by atoms with Crippen LogP contribution in [0.5, 0.6) is 0 Å². The van der Waals surface area contributed by atoms with Crippen molar-refractivity contribution in [2.75, 3.05) is 0 Å². The molecule has 1 aromatic rings. The topological polar surface area (TPSA) is 35.1 Å². The Morgan fingerprint density at radius 1 is 1.80 bits per heavy atom. The summed E-state index contributed by atoms with van der Waals surface area (Å²) in [6, 6.07) is 0. The summed E-state index contributed by atoms with van der Waals surface area (Å²) < 4.78 is 9.16. The number of carbonyl (C=O) groups excluding carboxylic acids is 1. The summed E-state index contributed by atoms with van der Waals surface area (Å²) in [5.41, 5.74) is 0. The van der Waals surface area contributed by atoms with Crippen LogP contribution in [0.25, 0.3) is 0 Å². The molecule has 4 nitrogen and oxygen atoms in total. The molecule has 0 unspecified atom stereocenters. The van der Waals surface area contributed by atoms with Crippen molar-refractivity contribution < 1.29 is 10.7 Å². The number of hydrogen-bond donors (Lipinski definition) is 0. The van der Waals surface area contributed by atoms with Crippen LogP contribution in [0.15, 0.2) is 18.7 Å². The first-order valence-electron chi connectivity index (χ1n) is 3.03. The molecule has 0 saturated carbocycles. The molecule has 0 atom stereocenters. The van der Waals surface area contributed by atoms with Crippen LogP contribution in [0.4, 0.5) is 0 Å². The van der Waals surface area contributed by atoms with Gasteiger partial charge in [-0.25, -0.2) is 0 Å². The van der Waals surface area contributed by atoms with Crippen molar-refractivity contribution in [3.05, 3.63) is 18.7 Å². The van der Waals surface area contributed by atoms with Gasteiger partial charge < -0.3 is 0 Å². The van der Waals surface area contributed by atoms with E-state index in [0.29, 0.717) is 0 Å². The molecule has 0 spiro atoms. The Labute approximate surface area is 66.0 Å². The third kappa shape index (κ3) is 0.749. The van der Waals surface area contributed by atoms with Gasteiger partial charge in [0.2, 0.25) is 0 Å². The van der Waals surface area contributed by atoms with Crippen LogP contribution in [0, 0.1) is 0 Å². The Morgan fingerprint density at radius 3 is 3.00 bits per heavy atom. The fourth-order valence-electron chi connectivity index (χ4n) is 1.00. The minimum absolute atomic E-state index is 0.160. The van der Waals surface area contributed by atoms with Crippen molar-refractivity contribution in [3.63, 3.8) is 0 Å². The molecule has 10 heavy (non-hydrogen) atoms. The summed E-state index contributed by atoms with van der Waals surface area (Å²) in [6.07, 6.45) is 5.84. The van der Waals surface area contributed by atoms with Gasteiger partial charge in [-0.15, -0.1) is 0 Å². The number of rotatable bonds is 1. The fraction of sp³-hybridized carbons (Fsp3) is 0.200. The SMILES string of the molecule is CC(=O)[O][SnH]1[n]2cc[n+]1c2. The summed E-state index contributed by atoms with van der Waals surface area (Å²) in [7, 11) is 0. The predicted octanol–water partition coefficient (Wildman–Crippen LogP) is -1.23. The zero-order valence-electron chi connectivity index (χ0n) is 5.52. The first-order valence-corrected chi connectivity index (χ1v) is 7.32. The first-order chi connectivity index (χ1) is 4.77. The summed E-state index contributed by atoms with van der Waals surface area (Å²) in [6.45, 7) is 1.46. The van der Waals surface area contributed by atoms with Gasteiger partial charge in [-0.2, -0.15) is 0 Å². The molecule has 2 aliphatic rings. The molecule has 2 aliphatic heterocycles. The van der Waals surface area contributed by atoms with Gasteiger partial charge in [-0.3, -0.25) is 0 Å². The van der Waals surface area contributed by atoms with Crippen LogP contribution in [0.1, 0.15) is 6.92 Å². The summed E-state index contributed by atoms with van der Waals surface area (Å²) in [5, 5.41) is 0. The molecule has 0 radical (unpaired) electrons. The predicted molar refractivity (Wildman–Crippen MR) is 34.3 cm³/mol. The maximum absolute atomic E-state index is 10.5. The van der Waals surface area contributed by atoms with Gasteiger partial charge >= 0.3 is 65.8 Å². The minimum atomic E-state index is -2.15. The van der Waals surface area contributed by atoms with Gasteiger partial charge in [0.25, 0.3) is 0 Å². The number of carbonyl (C=O) groups is 1. The molecule has 0 amide bonds. The van der Waals surface area contributed by atoms with E-state index in [0.717, 1.165) is 0 Å². The number of aromatic nitrogens is 2. The van der Waals surface area contributed by atoms with Gasteiger partial charge in [0, 0.05) is 0 Å². The van der Waals surface area contributed by atoms with Crippen molar-refractivity contribution in [1.29, 1.82) is 0 Å². The second kappa shape index (κ2) is 1.98. The Bertz CT molecular complexity index is 257. The van der Waals surface area contributed by atoms with E-state index in [1.54, 1.807) is 0 Å². The monoisotopic (exact) mass is 247 g/mol. The molecule has 0 aromatic carbocycles. The molecule has 5 heteroatoms. The van der Waals surface area contributed by atoms with Gasteiger partial charge in [0.15, 0.2) is 0 Å². The van der Waals surface area contributed by atoms with E-state index in [4.69, 9.17) is 3.07 Å². The number of fused-ring (bicyclic) bond motifs is 1. The first kappa shape index (κ1) is 6.21. The van der Waals surface area contributed by atoms with E-state index < -0.39 is 20.7 Å². The molecule has 0 aliphatic carbocycles.